The molecule has 0 fully saturated rings. The summed E-state index contributed by atoms with van der Waals surface area (Å²) < 4.78 is 18.5. The maximum Gasteiger partial charge on any atom is 0.338 e. The molecular weight excluding hydrogens is 472 g/mol. The Morgan fingerprint density at radius 2 is 2.00 bits per heavy atom. The van der Waals surface area contributed by atoms with Gasteiger partial charge in [0.2, 0.25) is 0 Å². The van der Waals surface area contributed by atoms with Gasteiger partial charge in [-0.15, -0.1) is 11.3 Å². The fraction of sp³-hybridized carbons (Fsp3) is 0.320. The van der Waals surface area contributed by atoms with Crippen LogP contribution >= 0.6 is 22.7 Å². The number of carbonyl (C=O) groups is 1. The maximum absolute atomic E-state index is 13.7. The lowest BCUT2D eigenvalue weighted by atomic mass is 10.0. The average Bonchev–Trinajstić information content (AvgIpc) is 3.45. The number of aromatic nitrogens is 1. The fourth-order valence-corrected chi connectivity index (χ4v) is 5.65. The van der Waals surface area contributed by atoms with E-state index in [1.807, 2.05) is 43.5 Å². The van der Waals surface area contributed by atoms with E-state index in [0.717, 1.165) is 4.88 Å². The molecule has 0 bridgehead atoms. The Morgan fingerprint density at radius 1 is 1.21 bits per heavy atom. The van der Waals surface area contributed by atoms with E-state index in [1.165, 1.54) is 22.7 Å². The van der Waals surface area contributed by atoms with Crippen LogP contribution in [0.3, 0.4) is 0 Å². The molecule has 1 aliphatic heterocycles. The van der Waals surface area contributed by atoms with E-state index < -0.39 is 12.0 Å². The Labute approximate surface area is 205 Å². The van der Waals surface area contributed by atoms with Crippen LogP contribution in [0.5, 0.6) is 11.5 Å². The number of esters is 1. The van der Waals surface area contributed by atoms with E-state index in [4.69, 9.17) is 14.2 Å². The molecule has 9 heteroatoms. The highest BCUT2D eigenvalue weighted by molar-refractivity contribution is 7.10. The van der Waals surface area contributed by atoms with Gasteiger partial charge >= 0.3 is 5.97 Å². The lowest BCUT2D eigenvalue weighted by Crippen LogP contribution is -2.39. The van der Waals surface area contributed by atoms with Crippen molar-refractivity contribution in [2.24, 2.45) is 10.9 Å². The minimum absolute atomic E-state index is 0.198. The summed E-state index contributed by atoms with van der Waals surface area (Å²) >= 11 is 2.76. The zero-order valence-corrected chi connectivity index (χ0v) is 21.3. The largest absolute Gasteiger partial charge is 0.493 e. The van der Waals surface area contributed by atoms with Gasteiger partial charge in [-0.3, -0.25) is 9.36 Å². The molecule has 1 atom stereocenters. The number of fused-ring (bicyclic) bond motifs is 1. The van der Waals surface area contributed by atoms with Crippen molar-refractivity contribution in [1.82, 2.24) is 4.57 Å². The second-order valence-corrected chi connectivity index (χ2v) is 10.2. The van der Waals surface area contributed by atoms with E-state index in [1.54, 1.807) is 37.9 Å². The van der Waals surface area contributed by atoms with Crippen LogP contribution in [0, 0.1) is 5.92 Å². The van der Waals surface area contributed by atoms with Crippen LogP contribution in [0.25, 0.3) is 6.08 Å². The first-order chi connectivity index (χ1) is 16.3. The van der Waals surface area contributed by atoms with E-state index >= 15 is 0 Å². The Morgan fingerprint density at radius 3 is 2.65 bits per heavy atom. The van der Waals surface area contributed by atoms with Gasteiger partial charge in [0.15, 0.2) is 16.3 Å². The fourth-order valence-electron chi connectivity index (χ4n) is 3.79. The Hall–Kier alpha value is -3.17. The Bertz CT molecular complexity index is 1410. The van der Waals surface area contributed by atoms with E-state index in [2.05, 4.69) is 4.99 Å². The molecule has 0 spiro atoms. The van der Waals surface area contributed by atoms with Crippen LogP contribution in [0.4, 0.5) is 0 Å². The first-order valence-corrected chi connectivity index (χ1v) is 12.5. The topological polar surface area (TPSA) is 79.1 Å². The molecule has 3 aromatic rings. The number of ether oxygens (including phenoxy) is 3. The minimum Gasteiger partial charge on any atom is -0.493 e. The molecule has 0 radical (unpaired) electrons. The van der Waals surface area contributed by atoms with E-state index in [9.17, 15) is 9.59 Å². The van der Waals surface area contributed by atoms with Gasteiger partial charge in [-0.2, -0.15) is 0 Å². The van der Waals surface area contributed by atoms with Crippen LogP contribution in [-0.4, -0.2) is 31.4 Å². The van der Waals surface area contributed by atoms with Crippen LogP contribution in [0.1, 0.15) is 37.3 Å². The smallest absolute Gasteiger partial charge is 0.338 e. The average molecular weight is 499 g/mol. The van der Waals surface area contributed by atoms with Gasteiger partial charge in [0.05, 0.1) is 36.6 Å². The number of hydrogen-bond donors (Lipinski definition) is 0. The molecule has 0 aliphatic carbocycles. The van der Waals surface area contributed by atoms with Gasteiger partial charge in [0.25, 0.3) is 5.56 Å². The molecule has 1 aromatic carbocycles. The van der Waals surface area contributed by atoms with Crippen molar-refractivity contribution >= 4 is 34.7 Å². The third kappa shape index (κ3) is 4.45. The zero-order valence-electron chi connectivity index (χ0n) is 19.7. The summed E-state index contributed by atoms with van der Waals surface area (Å²) in [6.07, 6.45) is 1.77. The second-order valence-electron chi connectivity index (χ2n) is 8.17. The normalized spacial score (nSPS) is 15.8. The predicted molar refractivity (Wildman–Crippen MR) is 133 cm³/mol. The Balaban J connectivity index is 1.89. The molecule has 2 aromatic heterocycles. The molecule has 0 amide bonds. The molecule has 1 unspecified atom stereocenters. The minimum atomic E-state index is -0.592. The van der Waals surface area contributed by atoms with Crippen LogP contribution in [0.2, 0.25) is 0 Å². The zero-order chi connectivity index (χ0) is 24.4. The summed E-state index contributed by atoms with van der Waals surface area (Å²) in [4.78, 5) is 32.8. The predicted octanol–water partition coefficient (Wildman–Crippen LogP) is 3.51. The standard InChI is InChI=1S/C25H26N2O5S2/c1-14(2)13-32-24(29)20-15(3)26-25-27(21(20)18-10-7-11-33-18)23(28)19(34-25)12-16-8-6-9-17(30-4)22(16)31-5/h6-12,14,21H,13H2,1-5H3/b19-12+. The molecule has 0 saturated carbocycles. The molecule has 0 N–H and O–H groups in total. The van der Waals surface area contributed by atoms with Crippen molar-refractivity contribution in [2.45, 2.75) is 26.8 Å². The highest BCUT2D eigenvalue weighted by Gasteiger charge is 2.34. The highest BCUT2D eigenvalue weighted by Crippen LogP contribution is 2.34. The highest BCUT2D eigenvalue weighted by atomic mass is 32.1. The van der Waals surface area contributed by atoms with Crippen LogP contribution in [0.15, 0.2) is 56.8 Å². The number of benzene rings is 1. The number of nitrogens with zero attached hydrogens (tertiary/aromatic N) is 2. The van der Waals surface area contributed by atoms with Crippen molar-refractivity contribution in [2.75, 3.05) is 20.8 Å². The van der Waals surface area contributed by atoms with E-state index in [0.29, 0.717) is 44.3 Å². The summed E-state index contributed by atoms with van der Waals surface area (Å²) in [5.74, 6) is 0.868. The number of thiophene rings is 1. The van der Waals surface area contributed by atoms with Crippen molar-refractivity contribution in [3.8, 4) is 11.5 Å². The van der Waals surface area contributed by atoms with Gasteiger partial charge in [-0.1, -0.05) is 43.4 Å². The van der Waals surface area contributed by atoms with Crippen molar-refractivity contribution in [1.29, 1.82) is 0 Å². The number of hydrogen-bond acceptors (Lipinski definition) is 8. The SMILES string of the molecule is COc1cccc(/C=c2/sc3n(c2=O)C(c2cccs2)C(C(=O)OCC(C)C)=C(C)N=3)c1OC. The first-order valence-electron chi connectivity index (χ1n) is 10.8. The third-order valence-corrected chi connectivity index (χ3v) is 7.23. The Kier molecular flexibility index (Phi) is 7.04. The monoisotopic (exact) mass is 498 g/mol. The molecule has 1 aliphatic rings. The van der Waals surface area contributed by atoms with Crippen LogP contribution < -0.4 is 24.4 Å². The van der Waals surface area contributed by atoms with Crippen molar-refractivity contribution < 1.29 is 19.0 Å². The molecular formula is C25H26N2O5S2. The molecule has 3 heterocycles. The van der Waals surface area contributed by atoms with Crippen LogP contribution in [-0.2, 0) is 9.53 Å². The summed E-state index contributed by atoms with van der Waals surface area (Å²) in [6.45, 7) is 6.04. The number of allylic oxidation sites excluding steroid dienone is 1. The van der Waals surface area contributed by atoms with Gasteiger partial charge in [-0.25, -0.2) is 9.79 Å². The summed E-state index contributed by atoms with van der Waals surface area (Å²) in [6, 6.07) is 8.73. The van der Waals surface area contributed by atoms with Gasteiger partial charge in [-0.05, 0) is 36.4 Å². The molecule has 34 heavy (non-hydrogen) atoms. The maximum atomic E-state index is 13.7. The first kappa shape index (κ1) is 24.0. The molecule has 4 rings (SSSR count). The lowest BCUT2D eigenvalue weighted by Gasteiger charge is -2.23. The number of rotatable bonds is 7. The number of carbonyl (C=O) groups excluding carboxylic acids is 1. The lowest BCUT2D eigenvalue weighted by molar-refractivity contribution is -0.140. The second kappa shape index (κ2) is 9.99. The summed E-state index contributed by atoms with van der Waals surface area (Å²) in [7, 11) is 3.13. The van der Waals surface area contributed by atoms with Gasteiger partial charge < -0.3 is 14.2 Å². The summed E-state index contributed by atoms with van der Waals surface area (Å²) in [5.41, 5.74) is 1.43. The van der Waals surface area contributed by atoms with Gasteiger partial charge in [0.1, 0.15) is 6.04 Å². The molecule has 7 nitrogen and oxygen atoms in total. The number of thiazole rings is 1. The number of para-hydroxylation sites is 1. The molecule has 0 saturated heterocycles. The van der Waals surface area contributed by atoms with E-state index in [-0.39, 0.29) is 11.5 Å². The van der Waals surface area contributed by atoms with Crippen molar-refractivity contribution in [3.05, 3.63) is 77.1 Å². The number of methoxy groups -OCH3 is 2. The van der Waals surface area contributed by atoms with Crippen molar-refractivity contribution in [3.63, 3.8) is 0 Å². The third-order valence-electron chi connectivity index (χ3n) is 5.32. The quantitative estimate of drug-likeness (QED) is 0.466. The molecule has 178 valence electrons. The van der Waals surface area contributed by atoms with Gasteiger partial charge in [0, 0.05) is 10.4 Å². The summed E-state index contributed by atoms with van der Waals surface area (Å²) in [5, 5.41) is 1.93.